The molecule has 1 N–H and O–H groups in total. The topological polar surface area (TPSA) is 62.8 Å². The van der Waals surface area contributed by atoms with Gasteiger partial charge >= 0.3 is 0 Å². The fraction of sp³-hybridized carbons (Fsp3) is 0. The lowest BCUT2D eigenvalue weighted by atomic mass is 10.1. The Morgan fingerprint density at radius 3 is 2.44 bits per heavy atom. The molecule has 0 unspecified atom stereocenters. The lowest BCUT2D eigenvalue weighted by Gasteiger charge is -1.90. The molecule has 2 aromatic carbocycles. The Kier molecular flexibility index (Phi) is 1.71. The molecular formula is C12H7NO3. The summed E-state index contributed by atoms with van der Waals surface area (Å²) in [6, 6.07) is 10.2. The lowest BCUT2D eigenvalue weighted by Crippen LogP contribution is -1.67. The molecule has 0 aliphatic carbocycles. The number of hydrogen-bond acceptors (Lipinski definition) is 4. The smallest absolute Gasteiger partial charge is 0.177 e. The van der Waals surface area contributed by atoms with Crippen LogP contribution in [0.15, 0.2) is 46.0 Å². The highest BCUT2D eigenvalue weighted by atomic mass is 16.4. The SMILES string of the molecule is O=Nc1cccc2c1oc1c(O)cccc12. The number of benzene rings is 2. The second-order valence-electron chi connectivity index (χ2n) is 3.50. The molecule has 0 saturated carbocycles. The van der Waals surface area contributed by atoms with Gasteiger partial charge in [0.05, 0.1) is 0 Å². The van der Waals surface area contributed by atoms with Crippen molar-refractivity contribution in [3.8, 4) is 5.75 Å². The number of furan rings is 1. The highest BCUT2D eigenvalue weighted by molar-refractivity contribution is 6.09. The first-order valence-corrected chi connectivity index (χ1v) is 4.78. The van der Waals surface area contributed by atoms with Gasteiger partial charge in [0, 0.05) is 10.8 Å². The van der Waals surface area contributed by atoms with Crippen molar-refractivity contribution in [2.75, 3.05) is 0 Å². The predicted octanol–water partition coefficient (Wildman–Crippen LogP) is 3.69. The number of phenols is 1. The summed E-state index contributed by atoms with van der Waals surface area (Å²) in [6.45, 7) is 0. The van der Waals surface area contributed by atoms with Gasteiger partial charge in [-0.1, -0.05) is 24.3 Å². The van der Waals surface area contributed by atoms with Crippen LogP contribution in [0.25, 0.3) is 21.9 Å². The standard InChI is InChI=1S/C12H7NO3/c14-10-6-2-4-8-7-3-1-5-9(13-15)11(7)16-12(8)10/h1-6,14H. The number of hydrogen-bond donors (Lipinski definition) is 1. The van der Waals surface area contributed by atoms with E-state index in [1.807, 2.05) is 12.1 Å². The van der Waals surface area contributed by atoms with Crippen LogP contribution in [0, 0.1) is 4.91 Å². The van der Waals surface area contributed by atoms with E-state index in [9.17, 15) is 10.0 Å². The van der Waals surface area contributed by atoms with Crippen molar-refractivity contribution in [1.82, 2.24) is 0 Å². The Bertz CT molecular complexity index is 700. The first-order chi connectivity index (χ1) is 7.81. The summed E-state index contributed by atoms with van der Waals surface area (Å²) in [5, 5.41) is 14.1. The van der Waals surface area contributed by atoms with Crippen molar-refractivity contribution < 1.29 is 9.52 Å². The quantitative estimate of drug-likeness (QED) is 0.627. The molecule has 0 amide bonds. The van der Waals surface area contributed by atoms with Crippen molar-refractivity contribution in [2.45, 2.75) is 0 Å². The number of nitrogens with zero attached hydrogens (tertiary/aromatic N) is 1. The van der Waals surface area contributed by atoms with Crippen LogP contribution in [0.5, 0.6) is 5.75 Å². The summed E-state index contributed by atoms with van der Waals surface area (Å²) >= 11 is 0. The molecule has 16 heavy (non-hydrogen) atoms. The normalized spacial score (nSPS) is 11.0. The molecule has 3 aromatic rings. The van der Waals surface area contributed by atoms with Crippen LogP contribution in [-0.2, 0) is 0 Å². The number of phenolic OH excluding ortho intramolecular Hbond substituents is 1. The molecule has 0 radical (unpaired) electrons. The van der Waals surface area contributed by atoms with Crippen LogP contribution in [0.3, 0.4) is 0 Å². The minimum Gasteiger partial charge on any atom is -0.504 e. The van der Waals surface area contributed by atoms with Crippen molar-refractivity contribution in [3.63, 3.8) is 0 Å². The van der Waals surface area contributed by atoms with Gasteiger partial charge in [-0.05, 0) is 17.3 Å². The maximum absolute atomic E-state index is 10.6. The Balaban J connectivity index is 2.60. The second-order valence-corrected chi connectivity index (χ2v) is 3.50. The average molecular weight is 213 g/mol. The van der Waals surface area contributed by atoms with Gasteiger partial charge < -0.3 is 9.52 Å². The Labute approximate surface area is 90.1 Å². The highest BCUT2D eigenvalue weighted by Gasteiger charge is 2.12. The van der Waals surface area contributed by atoms with Gasteiger partial charge in [-0.2, -0.15) is 0 Å². The van der Waals surface area contributed by atoms with Crippen molar-refractivity contribution in [2.24, 2.45) is 5.18 Å². The fourth-order valence-corrected chi connectivity index (χ4v) is 1.86. The zero-order chi connectivity index (χ0) is 11.1. The van der Waals surface area contributed by atoms with E-state index in [-0.39, 0.29) is 11.4 Å². The molecule has 0 fully saturated rings. The van der Waals surface area contributed by atoms with E-state index < -0.39 is 0 Å². The third-order valence-corrected chi connectivity index (χ3v) is 2.58. The van der Waals surface area contributed by atoms with Crippen LogP contribution in [-0.4, -0.2) is 5.11 Å². The van der Waals surface area contributed by atoms with Gasteiger partial charge in [0.2, 0.25) is 0 Å². The van der Waals surface area contributed by atoms with E-state index in [2.05, 4.69) is 5.18 Å². The van der Waals surface area contributed by atoms with E-state index >= 15 is 0 Å². The zero-order valence-electron chi connectivity index (χ0n) is 8.18. The summed E-state index contributed by atoms with van der Waals surface area (Å²) in [5.74, 6) is 0.0607. The van der Waals surface area contributed by atoms with Crippen LogP contribution in [0.4, 0.5) is 5.69 Å². The maximum atomic E-state index is 10.6. The summed E-state index contributed by atoms with van der Waals surface area (Å²) in [7, 11) is 0. The summed E-state index contributed by atoms with van der Waals surface area (Å²) < 4.78 is 5.46. The zero-order valence-corrected chi connectivity index (χ0v) is 8.18. The molecule has 0 atom stereocenters. The van der Waals surface area contributed by atoms with E-state index in [1.54, 1.807) is 24.3 Å². The number of rotatable bonds is 1. The molecule has 0 spiro atoms. The third kappa shape index (κ3) is 1.04. The number of nitroso groups, excluding NO2 is 1. The van der Waals surface area contributed by atoms with Gasteiger partial charge in [0.25, 0.3) is 0 Å². The van der Waals surface area contributed by atoms with Crippen molar-refractivity contribution >= 4 is 27.6 Å². The first kappa shape index (κ1) is 8.91. The molecule has 0 aliphatic heterocycles. The van der Waals surface area contributed by atoms with Crippen molar-refractivity contribution in [3.05, 3.63) is 41.3 Å². The molecule has 0 bridgehead atoms. The number of aromatic hydroxyl groups is 1. The molecule has 78 valence electrons. The van der Waals surface area contributed by atoms with Gasteiger partial charge in [0.15, 0.2) is 22.6 Å². The van der Waals surface area contributed by atoms with Crippen LogP contribution in [0.1, 0.15) is 0 Å². The van der Waals surface area contributed by atoms with E-state index in [1.165, 1.54) is 0 Å². The molecule has 0 saturated heterocycles. The maximum Gasteiger partial charge on any atom is 0.177 e. The molecule has 1 heterocycles. The first-order valence-electron chi connectivity index (χ1n) is 4.78. The molecule has 3 rings (SSSR count). The van der Waals surface area contributed by atoms with Crippen molar-refractivity contribution in [1.29, 1.82) is 0 Å². The Hall–Kier alpha value is -2.36. The van der Waals surface area contributed by atoms with Gasteiger partial charge in [-0.15, -0.1) is 4.91 Å². The fourth-order valence-electron chi connectivity index (χ4n) is 1.86. The van der Waals surface area contributed by atoms with E-state index in [4.69, 9.17) is 4.42 Å². The van der Waals surface area contributed by atoms with Gasteiger partial charge in [-0.3, -0.25) is 0 Å². The van der Waals surface area contributed by atoms with Crippen LogP contribution in [0.2, 0.25) is 0 Å². The predicted molar refractivity (Wildman–Crippen MR) is 60.8 cm³/mol. The van der Waals surface area contributed by atoms with E-state index in [0.29, 0.717) is 11.2 Å². The molecule has 1 aromatic heterocycles. The average Bonchev–Trinajstić information content (AvgIpc) is 2.69. The van der Waals surface area contributed by atoms with Crippen LogP contribution < -0.4 is 0 Å². The summed E-state index contributed by atoms with van der Waals surface area (Å²) in [4.78, 5) is 10.6. The Morgan fingerprint density at radius 1 is 1.00 bits per heavy atom. The minimum absolute atomic E-state index is 0.0607. The van der Waals surface area contributed by atoms with Gasteiger partial charge in [-0.25, -0.2) is 0 Å². The number of fused-ring (bicyclic) bond motifs is 3. The van der Waals surface area contributed by atoms with Gasteiger partial charge in [0.1, 0.15) is 0 Å². The molecular weight excluding hydrogens is 206 g/mol. The summed E-state index contributed by atoms with van der Waals surface area (Å²) in [6.07, 6.45) is 0. The molecule has 4 heteroatoms. The highest BCUT2D eigenvalue weighted by Crippen LogP contribution is 2.37. The molecule has 0 aliphatic rings. The largest absolute Gasteiger partial charge is 0.504 e. The van der Waals surface area contributed by atoms with Crippen LogP contribution >= 0.6 is 0 Å². The Morgan fingerprint density at radius 2 is 1.69 bits per heavy atom. The summed E-state index contributed by atoms with van der Waals surface area (Å²) in [5.41, 5.74) is 1.04. The lowest BCUT2D eigenvalue weighted by molar-refractivity contribution is 0.469. The monoisotopic (exact) mass is 213 g/mol. The molecule has 4 nitrogen and oxygen atoms in total. The van der Waals surface area contributed by atoms with E-state index in [0.717, 1.165) is 10.8 Å². The minimum atomic E-state index is 0.0607. The second kappa shape index (κ2) is 3.06. The third-order valence-electron chi connectivity index (χ3n) is 2.58. The number of para-hydroxylation sites is 2.